The zero-order valence-electron chi connectivity index (χ0n) is 11.8. The molecule has 0 saturated heterocycles. The number of hydrogen-bond donors (Lipinski definition) is 0. The molecule has 0 nitrogen and oxygen atoms in total. The monoisotopic (exact) mass is 304 g/mol. The normalized spacial score (nSPS) is 10.4. The van der Waals surface area contributed by atoms with Gasteiger partial charge in [-0.15, -0.1) is 0 Å². The third-order valence-electron chi connectivity index (χ3n) is 3.08. The second-order valence-electron chi connectivity index (χ2n) is 4.76. The molecule has 0 fully saturated rings. The molecule has 116 valence electrons. The molecule has 0 radical (unpaired) electrons. The Morgan fingerprint density at radius 3 is 1.71 bits per heavy atom. The number of benzene rings is 1. The Hall–Kier alpha value is -1.57. The minimum atomic E-state index is -2.16. The summed E-state index contributed by atoms with van der Waals surface area (Å²) in [4.78, 5) is 0. The van der Waals surface area contributed by atoms with E-state index in [1.807, 2.05) is 5.92 Å². The highest BCUT2D eigenvalue weighted by Gasteiger charge is 2.24. The van der Waals surface area contributed by atoms with Crippen molar-refractivity contribution in [3.63, 3.8) is 0 Å². The van der Waals surface area contributed by atoms with Crippen LogP contribution >= 0.6 is 0 Å². The smallest absolute Gasteiger partial charge is 0.200 e. The highest BCUT2D eigenvalue weighted by atomic mass is 19.2. The van der Waals surface area contributed by atoms with E-state index >= 15 is 0 Å². The van der Waals surface area contributed by atoms with Gasteiger partial charge < -0.3 is 0 Å². The topological polar surface area (TPSA) is 0 Å². The number of halogens is 5. The van der Waals surface area contributed by atoms with Crippen LogP contribution in [0.25, 0.3) is 0 Å². The highest BCUT2D eigenvalue weighted by Crippen LogP contribution is 2.22. The van der Waals surface area contributed by atoms with Crippen LogP contribution in [-0.2, 0) is 0 Å². The average molecular weight is 304 g/mol. The molecule has 0 bridgehead atoms. The predicted octanol–water partition coefficient (Wildman–Crippen LogP) is 5.48. The lowest BCUT2D eigenvalue weighted by Gasteiger charge is -2.02. The second kappa shape index (κ2) is 8.66. The van der Waals surface area contributed by atoms with Gasteiger partial charge in [-0.25, -0.2) is 22.0 Å². The fraction of sp³-hybridized carbons (Fsp3) is 0.500. The van der Waals surface area contributed by atoms with Crippen LogP contribution in [0.2, 0.25) is 0 Å². The van der Waals surface area contributed by atoms with Crippen LogP contribution in [0.15, 0.2) is 0 Å². The van der Waals surface area contributed by atoms with Crippen molar-refractivity contribution in [2.24, 2.45) is 0 Å². The standard InChI is InChI=1S/C16H17F5/c1-2-3-4-5-6-7-8-9-10-11-12(17)14(19)16(21)15(20)13(11)18/h2-8H2,1H3. The Kier molecular flexibility index (Phi) is 7.21. The molecule has 1 aromatic carbocycles. The summed E-state index contributed by atoms with van der Waals surface area (Å²) in [5, 5.41) is 0. The van der Waals surface area contributed by atoms with E-state index in [2.05, 4.69) is 12.8 Å². The van der Waals surface area contributed by atoms with Gasteiger partial charge in [0.05, 0.1) is 0 Å². The summed E-state index contributed by atoms with van der Waals surface area (Å²) >= 11 is 0. The fourth-order valence-corrected chi connectivity index (χ4v) is 1.86. The van der Waals surface area contributed by atoms with Crippen molar-refractivity contribution in [3.8, 4) is 11.8 Å². The molecule has 0 amide bonds. The van der Waals surface area contributed by atoms with Crippen LogP contribution in [-0.4, -0.2) is 0 Å². The first kappa shape index (κ1) is 17.5. The van der Waals surface area contributed by atoms with E-state index < -0.39 is 34.6 Å². The van der Waals surface area contributed by atoms with Crippen molar-refractivity contribution in [1.82, 2.24) is 0 Å². The van der Waals surface area contributed by atoms with Crippen LogP contribution in [0.3, 0.4) is 0 Å². The number of rotatable bonds is 6. The van der Waals surface area contributed by atoms with Gasteiger partial charge in [-0.3, -0.25) is 0 Å². The van der Waals surface area contributed by atoms with Crippen LogP contribution in [0, 0.1) is 40.9 Å². The molecule has 0 spiro atoms. The van der Waals surface area contributed by atoms with Gasteiger partial charge in [-0.05, 0) is 6.42 Å². The third-order valence-corrected chi connectivity index (χ3v) is 3.08. The third kappa shape index (κ3) is 4.73. The molecule has 0 aliphatic carbocycles. The van der Waals surface area contributed by atoms with E-state index in [0.29, 0.717) is 6.42 Å². The molecule has 0 aliphatic rings. The van der Waals surface area contributed by atoms with Gasteiger partial charge >= 0.3 is 0 Å². The molecule has 1 rings (SSSR count). The maximum absolute atomic E-state index is 13.3. The van der Waals surface area contributed by atoms with Gasteiger partial charge in [0.2, 0.25) is 5.82 Å². The Balaban J connectivity index is 2.62. The Morgan fingerprint density at radius 2 is 1.14 bits per heavy atom. The lowest BCUT2D eigenvalue weighted by molar-refractivity contribution is 0.376. The Bertz CT molecular complexity index is 511. The van der Waals surface area contributed by atoms with Gasteiger partial charge in [0.25, 0.3) is 0 Å². The van der Waals surface area contributed by atoms with Crippen molar-refractivity contribution in [3.05, 3.63) is 34.6 Å². The van der Waals surface area contributed by atoms with E-state index in [9.17, 15) is 22.0 Å². The van der Waals surface area contributed by atoms with Gasteiger partial charge in [-0.1, -0.05) is 50.9 Å². The van der Waals surface area contributed by atoms with Crippen LogP contribution in [0.4, 0.5) is 22.0 Å². The molecule has 0 heterocycles. The van der Waals surface area contributed by atoms with Crippen LogP contribution in [0.1, 0.15) is 57.4 Å². The zero-order valence-corrected chi connectivity index (χ0v) is 11.8. The predicted molar refractivity (Wildman–Crippen MR) is 71.1 cm³/mol. The van der Waals surface area contributed by atoms with E-state index in [4.69, 9.17) is 0 Å². The molecule has 21 heavy (non-hydrogen) atoms. The molecule has 0 saturated carbocycles. The van der Waals surface area contributed by atoms with Crippen molar-refractivity contribution in [2.45, 2.75) is 51.9 Å². The molecule has 0 N–H and O–H groups in total. The molecule has 0 aromatic heterocycles. The van der Waals surface area contributed by atoms with Crippen molar-refractivity contribution >= 4 is 0 Å². The van der Waals surface area contributed by atoms with Gasteiger partial charge in [0, 0.05) is 6.42 Å². The average Bonchev–Trinajstić information content (AvgIpc) is 2.49. The Labute approximate surface area is 121 Å². The molecule has 5 heteroatoms. The molecule has 0 atom stereocenters. The molecule has 0 aliphatic heterocycles. The summed E-state index contributed by atoms with van der Waals surface area (Å²) in [6.07, 6.45) is 6.53. The molecular formula is C16H17F5. The lowest BCUT2D eigenvalue weighted by atomic mass is 10.1. The van der Waals surface area contributed by atoms with Crippen molar-refractivity contribution < 1.29 is 22.0 Å². The fourth-order valence-electron chi connectivity index (χ4n) is 1.86. The van der Waals surface area contributed by atoms with Crippen molar-refractivity contribution in [2.75, 3.05) is 0 Å². The second-order valence-corrected chi connectivity index (χ2v) is 4.76. The first-order valence-electron chi connectivity index (χ1n) is 7.01. The van der Waals surface area contributed by atoms with Gasteiger partial charge in [0.15, 0.2) is 23.3 Å². The van der Waals surface area contributed by atoms with Gasteiger partial charge in [-0.2, -0.15) is 0 Å². The summed E-state index contributed by atoms with van der Waals surface area (Å²) in [6.45, 7) is 2.11. The zero-order chi connectivity index (χ0) is 15.8. The first-order valence-corrected chi connectivity index (χ1v) is 7.01. The summed E-state index contributed by atoms with van der Waals surface area (Å²) in [5.74, 6) is -5.32. The molecule has 0 unspecified atom stereocenters. The van der Waals surface area contributed by atoms with E-state index in [0.717, 1.165) is 38.5 Å². The van der Waals surface area contributed by atoms with E-state index in [1.165, 1.54) is 0 Å². The number of unbranched alkanes of at least 4 members (excludes halogenated alkanes) is 6. The maximum atomic E-state index is 13.3. The lowest BCUT2D eigenvalue weighted by Crippen LogP contribution is -2.04. The molecule has 1 aromatic rings. The summed E-state index contributed by atoms with van der Waals surface area (Å²) in [7, 11) is 0. The number of hydrogen-bond acceptors (Lipinski definition) is 0. The van der Waals surface area contributed by atoms with E-state index in [-0.39, 0.29) is 0 Å². The minimum absolute atomic E-state index is 0.367. The largest absolute Gasteiger partial charge is 0.202 e. The molecular weight excluding hydrogens is 287 g/mol. The highest BCUT2D eigenvalue weighted by molar-refractivity contribution is 5.38. The summed E-state index contributed by atoms with van der Waals surface area (Å²) < 4.78 is 65.2. The first-order chi connectivity index (χ1) is 10.0. The SMILES string of the molecule is CCCCCCCCC#Cc1c(F)c(F)c(F)c(F)c1F. The van der Waals surface area contributed by atoms with E-state index in [1.54, 1.807) is 0 Å². The maximum Gasteiger partial charge on any atom is 0.200 e. The van der Waals surface area contributed by atoms with Crippen LogP contribution in [0.5, 0.6) is 0 Å². The summed E-state index contributed by atoms with van der Waals surface area (Å²) in [5.41, 5.74) is -1.06. The van der Waals surface area contributed by atoms with Crippen LogP contribution < -0.4 is 0 Å². The minimum Gasteiger partial charge on any atom is -0.202 e. The quantitative estimate of drug-likeness (QED) is 0.214. The summed E-state index contributed by atoms with van der Waals surface area (Å²) in [6, 6.07) is 0. The van der Waals surface area contributed by atoms with Gasteiger partial charge in [0.1, 0.15) is 5.56 Å². The van der Waals surface area contributed by atoms with Crippen molar-refractivity contribution in [1.29, 1.82) is 0 Å². The Morgan fingerprint density at radius 1 is 0.667 bits per heavy atom.